The van der Waals surface area contributed by atoms with Crippen LogP contribution in [0.25, 0.3) is 72.4 Å². The molecule has 66 heavy (non-hydrogen) atoms. The second kappa shape index (κ2) is 15.8. The third kappa shape index (κ3) is 6.39. The molecule has 1 aliphatic heterocycles. The number of aliphatic imine (C=N–C) groups is 1. The van der Waals surface area contributed by atoms with Crippen LogP contribution in [0.15, 0.2) is 175 Å². The van der Waals surface area contributed by atoms with Crippen molar-refractivity contribution in [1.29, 1.82) is 0 Å². The summed E-state index contributed by atoms with van der Waals surface area (Å²) in [6, 6.07) is 49.7. The molecule has 0 N–H and O–H groups in total. The van der Waals surface area contributed by atoms with Gasteiger partial charge in [-0.05, 0) is 88.4 Å². The molecule has 0 spiro atoms. The van der Waals surface area contributed by atoms with Crippen LogP contribution in [-0.2, 0) is 0 Å². The number of hydrogen-bond donors (Lipinski definition) is 0. The molecule has 2 unspecified atom stereocenters. The molecule has 0 fully saturated rings. The molecule has 6 heterocycles. The summed E-state index contributed by atoms with van der Waals surface area (Å²) in [4.78, 5) is 32.7. The average molecular weight is 861 g/mol. The van der Waals surface area contributed by atoms with E-state index in [0.717, 1.165) is 112 Å². The van der Waals surface area contributed by atoms with Gasteiger partial charge in [-0.1, -0.05) is 72.8 Å². The lowest BCUT2D eigenvalue weighted by atomic mass is 9.84. The highest BCUT2D eigenvalue weighted by Gasteiger charge is 2.45. The van der Waals surface area contributed by atoms with Crippen molar-refractivity contribution in [2.24, 2.45) is 4.99 Å². The smallest absolute Gasteiger partial charge is 0.145 e. The highest BCUT2D eigenvalue weighted by molar-refractivity contribution is 6.21. The maximum Gasteiger partial charge on any atom is 0.145 e. The Labute approximate surface area is 381 Å². The number of ether oxygens (including phenoxy) is 2. The first kappa shape index (κ1) is 39.4. The molecule has 5 aromatic carbocycles. The molecule has 5 aromatic heterocycles. The molecule has 10 heteroatoms. The van der Waals surface area contributed by atoms with E-state index in [4.69, 9.17) is 39.4 Å². The van der Waals surface area contributed by atoms with Crippen LogP contribution >= 0.6 is 0 Å². The number of amidine groups is 1. The first-order valence-electron chi connectivity index (χ1n) is 22.5. The number of imidazole rings is 1. The summed E-state index contributed by atoms with van der Waals surface area (Å²) in [7, 11) is 0. The molecular formula is C56H44N8O2. The van der Waals surface area contributed by atoms with Gasteiger partial charge in [-0.15, -0.1) is 0 Å². The zero-order valence-electron chi connectivity index (χ0n) is 36.9. The van der Waals surface area contributed by atoms with Gasteiger partial charge in [0.1, 0.15) is 29.2 Å². The molecule has 10 nitrogen and oxygen atoms in total. The third-order valence-electron chi connectivity index (χ3n) is 12.4. The fourth-order valence-electron chi connectivity index (χ4n) is 9.80. The average Bonchev–Trinajstić information content (AvgIpc) is 3.96. The predicted molar refractivity (Wildman–Crippen MR) is 262 cm³/mol. The van der Waals surface area contributed by atoms with Crippen LogP contribution in [0.4, 0.5) is 5.69 Å². The summed E-state index contributed by atoms with van der Waals surface area (Å²) >= 11 is 0. The van der Waals surface area contributed by atoms with Gasteiger partial charge in [0.2, 0.25) is 0 Å². The maximum absolute atomic E-state index is 6.82. The Hall–Kier alpha value is -8.24. The van der Waals surface area contributed by atoms with Gasteiger partial charge in [-0.3, -0.25) is 29.5 Å². The van der Waals surface area contributed by atoms with Gasteiger partial charge in [0.15, 0.2) is 0 Å². The number of nitrogens with zero attached hydrogens (tertiary/aromatic N) is 8. The normalized spacial score (nSPS) is 15.3. The van der Waals surface area contributed by atoms with Crippen molar-refractivity contribution in [1.82, 2.24) is 29.5 Å². The fraction of sp³-hybridized carbons (Fsp3) is 0.143. The van der Waals surface area contributed by atoms with Crippen LogP contribution in [0, 0.1) is 0 Å². The van der Waals surface area contributed by atoms with Crippen LogP contribution in [0.1, 0.15) is 56.5 Å². The first-order chi connectivity index (χ1) is 32.4. The predicted octanol–water partition coefficient (Wildman–Crippen LogP) is 12.6. The molecule has 2 aliphatic rings. The van der Waals surface area contributed by atoms with Gasteiger partial charge < -0.3 is 14.4 Å². The number of aromatic nitrogens is 6. The van der Waals surface area contributed by atoms with Crippen molar-refractivity contribution in [3.05, 3.63) is 187 Å². The van der Waals surface area contributed by atoms with Crippen molar-refractivity contribution in [3.63, 3.8) is 0 Å². The molecule has 0 bridgehead atoms. The molecule has 1 aliphatic carbocycles. The van der Waals surface area contributed by atoms with Crippen molar-refractivity contribution in [3.8, 4) is 51.1 Å². The zero-order valence-corrected chi connectivity index (χ0v) is 36.9. The van der Waals surface area contributed by atoms with Gasteiger partial charge in [0.25, 0.3) is 0 Å². The Kier molecular flexibility index (Phi) is 9.41. The van der Waals surface area contributed by atoms with E-state index in [0.29, 0.717) is 0 Å². The van der Waals surface area contributed by atoms with Crippen LogP contribution in [0.3, 0.4) is 0 Å². The SMILES string of the molecule is CC(C)Oc1cc(N2C(c3ccccc3)=NC3c4cccnc4-c4ncccc4C32)ccc1-c1ccc(-n2c(-c3ccccc3)nc3c4cccnc4c4ncccc4c32)cc1OC(C)C. The molecule has 2 atom stereocenters. The van der Waals surface area contributed by atoms with Gasteiger partial charge >= 0.3 is 0 Å². The summed E-state index contributed by atoms with van der Waals surface area (Å²) in [6.07, 6.45) is 7.09. The lowest BCUT2D eigenvalue weighted by Gasteiger charge is -2.35. The molecule has 10 aromatic rings. The lowest BCUT2D eigenvalue weighted by Crippen LogP contribution is -2.34. The number of fused-ring (bicyclic) bond motifs is 12. The molecule has 0 radical (unpaired) electrons. The van der Waals surface area contributed by atoms with Crippen LogP contribution in [0.5, 0.6) is 11.5 Å². The number of rotatable bonds is 9. The fourth-order valence-corrected chi connectivity index (χ4v) is 9.80. The van der Waals surface area contributed by atoms with Gasteiger partial charge in [0.05, 0.1) is 57.4 Å². The van der Waals surface area contributed by atoms with E-state index >= 15 is 0 Å². The molecule has 12 rings (SSSR count). The number of anilines is 1. The second-order valence-corrected chi connectivity index (χ2v) is 17.3. The highest BCUT2D eigenvalue weighted by atomic mass is 16.5. The minimum absolute atomic E-state index is 0.115. The topological polar surface area (TPSA) is 103 Å². The maximum atomic E-state index is 6.82. The van der Waals surface area contributed by atoms with E-state index < -0.39 is 0 Å². The first-order valence-corrected chi connectivity index (χ1v) is 22.5. The van der Waals surface area contributed by atoms with E-state index in [1.54, 1.807) is 0 Å². The molecule has 0 saturated heterocycles. The minimum atomic E-state index is -0.199. The molecule has 0 saturated carbocycles. The number of pyridine rings is 4. The lowest BCUT2D eigenvalue weighted by molar-refractivity contribution is 0.239. The van der Waals surface area contributed by atoms with Crippen LogP contribution in [0.2, 0.25) is 0 Å². The summed E-state index contributed by atoms with van der Waals surface area (Å²) in [5.41, 5.74) is 13.0. The number of hydrogen-bond acceptors (Lipinski definition) is 9. The minimum Gasteiger partial charge on any atom is -0.490 e. The van der Waals surface area contributed by atoms with Crippen LogP contribution in [-0.4, -0.2) is 47.5 Å². The Balaban J connectivity index is 1.05. The third-order valence-corrected chi connectivity index (χ3v) is 12.4. The van der Waals surface area contributed by atoms with E-state index in [1.165, 1.54) is 0 Å². The standard InChI is InChI=1S/C56H44N8O2/c1-33(2)65-45-31-37(63-53-43-21-13-29-59-49(43)47-41(19-11-27-57-47)51(53)61-55(63)35-15-7-5-8-16-35)23-25-39(45)40-26-24-38(32-46(40)66-34(3)4)64-54-44-22-14-30-60-50(44)48-42(20-12-28-58-48)52(54)62-56(64)36-17-9-6-10-18-36/h5-34,51,53H,1-4H3. The molecule has 0 amide bonds. The van der Waals surface area contributed by atoms with E-state index in [-0.39, 0.29) is 24.3 Å². The van der Waals surface area contributed by atoms with E-state index in [2.05, 4.69) is 134 Å². The molecular weight excluding hydrogens is 817 g/mol. The summed E-state index contributed by atoms with van der Waals surface area (Å²) in [5, 5.41) is 1.91. The second-order valence-electron chi connectivity index (χ2n) is 17.3. The monoisotopic (exact) mass is 860 g/mol. The van der Waals surface area contributed by atoms with Gasteiger partial charge in [-0.25, -0.2) is 4.98 Å². The van der Waals surface area contributed by atoms with Gasteiger partial charge in [-0.2, -0.15) is 0 Å². The largest absolute Gasteiger partial charge is 0.490 e. The van der Waals surface area contributed by atoms with Crippen LogP contribution < -0.4 is 14.4 Å². The van der Waals surface area contributed by atoms with Gasteiger partial charge in [0, 0.05) is 86.8 Å². The Morgan fingerprint density at radius 2 is 1.05 bits per heavy atom. The number of benzene rings is 5. The summed E-state index contributed by atoms with van der Waals surface area (Å²) in [6.45, 7) is 8.25. The van der Waals surface area contributed by atoms with Crippen molar-refractivity contribution < 1.29 is 9.47 Å². The van der Waals surface area contributed by atoms with E-state index in [1.807, 2.05) is 73.3 Å². The Morgan fingerprint density at radius 1 is 0.500 bits per heavy atom. The molecule has 320 valence electrons. The summed E-state index contributed by atoms with van der Waals surface area (Å²) in [5.74, 6) is 3.14. The van der Waals surface area contributed by atoms with Crippen molar-refractivity contribution in [2.45, 2.75) is 52.0 Å². The Bertz CT molecular complexity index is 3530. The summed E-state index contributed by atoms with van der Waals surface area (Å²) < 4.78 is 15.9. The van der Waals surface area contributed by atoms with Crippen molar-refractivity contribution in [2.75, 3.05) is 4.90 Å². The zero-order chi connectivity index (χ0) is 44.5. The van der Waals surface area contributed by atoms with E-state index in [9.17, 15) is 0 Å². The van der Waals surface area contributed by atoms with Crippen molar-refractivity contribution >= 4 is 44.4 Å². The Morgan fingerprint density at radius 3 is 1.71 bits per heavy atom. The highest BCUT2D eigenvalue weighted by Crippen LogP contribution is 2.53. The quantitative estimate of drug-likeness (QED) is 0.132.